The summed E-state index contributed by atoms with van der Waals surface area (Å²) < 4.78 is 2.65. The molecule has 2 aromatic rings. The Hall–Kier alpha value is -2.14. The molecule has 0 spiro atoms. The minimum absolute atomic E-state index is 0.291. The van der Waals surface area contributed by atoms with E-state index in [0.29, 0.717) is 6.54 Å². The van der Waals surface area contributed by atoms with Crippen LogP contribution in [-0.2, 0) is 13.6 Å². The Bertz CT molecular complexity index is 764. The van der Waals surface area contributed by atoms with Crippen molar-refractivity contribution in [3.63, 3.8) is 0 Å². The van der Waals surface area contributed by atoms with Crippen LogP contribution in [0.1, 0.15) is 28.3 Å². The highest BCUT2D eigenvalue weighted by Gasteiger charge is 2.14. The van der Waals surface area contributed by atoms with Gasteiger partial charge in [-0.2, -0.15) is 0 Å². The highest BCUT2D eigenvalue weighted by Crippen LogP contribution is 2.22. The lowest BCUT2D eigenvalue weighted by Gasteiger charge is -2.19. The molecule has 112 valence electrons. The topological polar surface area (TPSA) is 70.0 Å². The molecule has 0 aliphatic rings. The standard InChI is InChI=1S/C16H21N3O2/c1-10-7-11(2)14(12(3)8-10)13(17)9-19-6-5-18(4)15(20)16(19)21/h5-8,13H,9,17H2,1-4H3. The van der Waals surface area contributed by atoms with Gasteiger partial charge in [-0.05, 0) is 37.5 Å². The second kappa shape index (κ2) is 5.69. The minimum atomic E-state index is -0.544. The smallest absolute Gasteiger partial charge is 0.316 e. The van der Waals surface area contributed by atoms with Gasteiger partial charge in [0.1, 0.15) is 0 Å². The Morgan fingerprint density at radius 3 is 2.19 bits per heavy atom. The van der Waals surface area contributed by atoms with Crippen LogP contribution in [0.15, 0.2) is 34.1 Å². The zero-order valence-electron chi connectivity index (χ0n) is 12.9. The average molecular weight is 287 g/mol. The zero-order valence-corrected chi connectivity index (χ0v) is 12.9. The Kier molecular flexibility index (Phi) is 4.14. The predicted octanol–water partition coefficient (Wildman–Crippen LogP) is 1.17. The van der Waals surface area contributed by atoms with E-state index in [1.807, 2.05) is 20.8 Å². The minimum Gasteiger partial charge on any atom is -0.322 e. The molecular weight excluding hydrogens is 266 g/mol. The molecule has 0 saturated carbocycles. The molecule has 0 saturated heterocycles. The number of hydrogen-bond acceptors (Lipinski definition) is 3. The monoisotopic (exact) mass is 287 g/mol. The van der Waals surface area contributed by atoms with Gasteiger partial charge in [-0.25, -0.2) is 0 Å². The Labute approximate surface area is 123 Å². The van der Waals surface area contributed by atoms with Crippen molar-refractivity contribution in [1.29, 1.82) is 0 Å². The number of aromatic nitrogens is 2. The lowest BCUT2D eigenvalue weighted by atomic mass is 9.94. The van der Waals surface area contributed by atoms with Crippen molar-refractivity contribution in [3.8, 4) is 0 Å². The molecular formula is C16H21N3O2. The predicted molar refractivity (Wildman–Crippen MR) is 83.5 cm³/mol. The summed E-state index contributed by atoms with van der Waals surface area (Å²) >= 11 is 0. The van der Waals surface area contributed by atoms with Crippen LogP contribution < -0.4 is 16.9 Å². The van der Waals surface area contributed by atoms with Crippen molar-refractivity contribution in [2.75, 3.05) is 0 Å². The number of aryl methyl sites for hydroxylation is 4. The van der Waals surface area contributed by atoms with Gasteiger partial charge in [-0.1, -0.05) is 17.7 Å². The quantitative estimate of drug-likeness (QED) is 0.862. The molecule has 1 atom stereocenters. The van der Waals surface area contributed by atoms with Crippen molar-refractivity contribution >= 4 is 0 Å². The van der Waals surface area contributed by atoms with Crippen molar-refractivity contribution in [2.24, 2.45) is 12.8 Å². The van der Waals surface area contributed by atoms with Gasteiger partial charge in [0.15, 0.2) is 0 Å². The van der Waals surface area contributed by atoms with Gasteiger partial charge in [0, 0.05) is 32.0 Å². The summed E-state index contributed by atoms with van der Waals surface area (Å²) in [5, 5.41) is 0. The van der Waals surface area contributed by atoms with Crippen LogP contribution in [0.5, 0.6) is 0 Å². The summed E-state index contributed by atoms with van der Waals surface area (Å²) in [5.74, 6) is 0. The van der Waals surface area contributed by atoms with E-state index < -0.39 is 11.1 Å². The number of benzene rings is 1. The molecule has 2 rings (SSSR count). The second-order valence-corrected chi connectivity index (χ2v) is 5.59. The molecule has 21 heavy (non-hydrogen) atoms. The fraction of sp³-hybridized carbons (Fsp3) is 0.375. The molecule has 1 heterocycles. The molecule has 0 bridgehead atoms. The molecule has 0 fully saturated rings. The van der Waals surface area contributed by atoms with Crippen LogP contribution in [0.25, 0.3) is 0 Å². The van der Waals surface area contributed by atoms with Crippen LogP contribution in [0, 0.1) is 20.8 Å². The van der Waals surface area contributed by atoms with E-state index in [4.69, 9.17) is 5.73 Å². The van der Waals surface area contributed by atoms with E-state index in [1.54, 1.807) is 19.4 Å². The molecule has 5 heteroatoms. The first-order chi connectivity index (χ1) is 9.81. The molecule has 1 aromatic carbocycles. The second-order valence-electron chi connectivity index (χ2n) is 5.59. The molecule has 1 aromatic heterocycles. The maximum absolute atomic E-state index is 12.0. The zero-order chi connectivity index (χ0) is 15.7. The normalized spacial score (nSPS) is 12.4. The van der Waals surface area contributed by atoms with Crippen LogP contribution in [0.4, 0.5) is 0 Å². The number of rotatable bonds is 3. The fourth-order valence-electron chi connectivity index (χ4n) is 2.81. The van der Waals surface area contributed by atoms with Crippen molar-refractivity contribution < 1.29 is 0 Å². The van der Waals surface area contributed by atoms with Gasteiger partial charge in [0.2, 0.25) is 0 Å². The average Bonchev–Trinajstić information content (AvgIpc) is 2.38. The summed E-state index contributed by atoms with van der Waals surface area (Å²) in [7, 11) is 1.56. The maximum Gasteiger partial charge on any atom is 0.316 e. The highest BCUT2D eigenvalue weighted by atomic mass is 16.2. The third-order valence-electron chi connectivity index (χ3n) is 3.74. The first-order valence-electron chi connectivity index (χ1n) is 6.90. The SMILES string of the molecule is Cc1cc(C)c(C(N)Cn2ccn(C)c(=O)c2=O)c(C)c1. The summed E-state index contributed by atoms with van der Waals surface area (Å²) in [4.78, 5) is 23.6. The molecule has 1 unspecified atom stereocenters. The van der Waals surface area contributed by atoms with Crippen LogP contribution >= 0.6 is 0 Å². The van der Waals surface area contributed by atoms with Gasteiger partial charge < -0.3 is 14.9 Å². The maximum atomic E-state index is 12.0. The first-order valence-corrected chi connectivity index (χ1v) is 6.90. The molecule has 0 aliphatic carbocycles. The third kappa shape index (κ3) is 2.97. The first kappa shape index (κ1) is 15.3. The van der Waals surface area contributed by atoms with Crippen LogP contribution in [0.2, 0.25) is 0 Å². The van der Waals surface area contributed by atoms with Gasteiger partial charge >= 0.3 is 11.1 Å². The Morgan fingerprint density at radius 2 is 1.62 bits per heavy atom. The lowest BCUT2D eigenvalue weighted by molar-refractivity contribution is 0.544. The van der Waals surface area contributed by atoms with Gasteiger partial charge in [0.25, 0.3) is 0 Å². The number of nitrogens with two attached hydrogens (primary N) is 1. The van der Waals surface area contributed by atoms with E-state index in [9.17, 15) is 9.59 Å². The van der Waals surface area contributed by atoms with Gasteiger partial charge in [-0.3, -0.25) is 9.59 Å². The van der Waals surface area contributed by atoms with Gasteiger partial charge in [-0.15, -0.1) is 0 Å². The molecule has 0 radical (unpaired) electrons. The van der Waals surface area contributed by atoms with Crippen molar-refractivity contribution in [1.82, 2.24) is 9.13 Å². The highest BCUT2D eigenvalue weighted by molar-refractivity contribution is 5.39. The molecule has 5 nitrogen and oxygen atoms in total. The lowest BCUT2D eigenvalue weighted by Crippen LogP contribution is -2.41. The fourth-order valence-corrected chi connectivity index (χ4v) is 2.81. The number of hydrogen-bond donors (Lipinski definition) is 1. The Balaban J connectivity index is 2.40. The van der Waals surface area contributed by atoms with Gasteiger partial charge in [0.05, 0.1) is 0 Å². The van der Waals surface area contributed by atoms with E-state index in [0.717, 1.165) is 16.7 Å². The molecule has 0 aliphatic heterocycles. The van der Waals surface area contributed by atoms with Crippen LogP contribution in [-0.4, -0.2) is 9.13 Å². The van der Waals surface area contributed by atoms with E-state index in [2.05, 4.69) is 12.1 Å². The summed E-state index contributed by atoms with van der Waals surface area (Å²) in [6.45, 7) is 6.37. The van der Waals surface area contributed by atoms with E-state index >= 15 is 0 Å². The summed E-state index contributed by atoms with van der Waals surface area (Å²) in [6.07, 6.45) is 3.17. The largest absolute Gasteiger partial charge is 0.322 e. The third-order valence-corrected chi connectivity index (χ3v) is 3.74. The van der Waals surface area contributed by atoms with Crippen molar-refractivity contribution in [3.05, 3.63) is 67.5 Å². The van der Waals surface area contributed by atoms with E-state index in [-0.39, 0.29) is 6.04 Å². The van der Waals surface area contributed by atoms with Crippen LogP contribution in [0.3, 0.4) is 0 Å². The van der Waals surface area contributed by atoms with E-state index in [1.165, 1.54) is 14.7 Å². The Morgan fingerprint density at radius 1 is 1.05 bits per heavy atom. The number of nitrogens with zero attached hydrogens (tertiary/aromatic N) is 2. The molecule has 0 amide bonds. The molecule has 2 N–H and O–H groups in total. The van der Waals surface area contributed by atoms with Crippen molar-refractivity contribution in [2.45, 2.75) is 33.4 Å². The summed E-state index contributed by atoms with van der Waals surface area (Å²) in [6, 6.07) is 3.83. The summed E-state index contributed by atoms with van der Waals surface area (Å²) in [5.41, 5.74) is 9.62.